The molecule has 2 aromatic carbocycles. The molecule has 1 saturated heterocycles. The minimum Gasteiger partial charge on any atom is -0.325 e. The summed E-state index contributed by atoms with van der Waals surface area (Å²) in [4.78, 5) is 27.1. The topological polar surface area (TPSA) is 54.3 Å². The number of nitrogens with one attached hydrogen (secondary N) is 1. The highest BCUT2D eigenvalue weighted by Gasteiger charge is 2.38. The number of carbonyl (C=O) groups excluding carboxylic acids is 2. The molecule has 5 nitrogen and oxygen atoms in total. The fourth-order valence-corrected chi connectivity index (χ4v) is 3.36. The van der Waals surface area contributed by atoms with E-state index in [4.69, 9.17) is 0 Å². The van der Waals surface area contributed by atoms with Crippen LogP contribution in [0.5, 0.6) is 0 Å². The standard InChI is InChI=1S/C21H18FN3O2/c22-15-6-5-7-16(14-15)23-20(26)17-10-13-25(21(17)27)19-9-2-1-8-18(19)24-11-3-4-12-24/h1-9,11-12,14,17H,10,13H2,(H,23,26)/t17-/m1/s1. The summed E-state index contributed by atoms with van der Waals surface area (Å²) in [6.45, 7) is 0.457. The summed E-state index contributed by atoms with van der Waals surface area (Å²) in [5, 5.41) is 2.64. The molecule has 2 amide bonds. The van der Waals surface area contributed by atoms with E-state index >= 15 is 0 Å². The van der Waals surface area contributed by atoms with Crippen LogP contribution in [0, 0.1) is 11.7 Å². The van der Waals surface area contributed by atoms with Crippen molar-refractivity contribution < 1.29 is 14.0 Å². The SMILES string of the molecule is O=C(Nc1cccc(F)c1)[C@H]1CCN(c2ccccc2-n2cccc2)C1=O. The van der Waals surface area contributed by atoms with Crippen molar-refractivity contribution in [2.45, 2.75) is 6.42 Å². The van der Waals surface area contributed by atoms with Crippen LogP contribution in [-0.2, 0) is 9.59 Å². The number of rotatable bonds is 4. The van der Waals surface area contributed by atoms with E-state index in [0.717, 1.165) is 11.4 Å². The Morgan fingerprint density at radius 3 is 2.48 bits per heavy atom. The van der Waals surface area contributed by atoms with Crippen molar-refractivity contribution in [2.24, 2.45) is 5.92 Å². The van der Waals surface area contributed by atoms with E-state index in [1.807, 2.05) is 53.4 Å². The number of para-hydroxylation sites is 2. The molecule has 0 saturated carbocycles. The number of anilines is 2. The second kappa shape index (κ2) is 7.07. The number of halogens is 1. The molecule has 1 fully saturated rings. The monoisotopic (exact) mass is 363 g/mol. The lowest BCUT2D eigenvalue weighted by Crippen LogP contribution is -2.33. The first-order valence-electron chi connectivity index (χ1n) is 8.73. The Bertz CT molecular complexity index is 985. The van der Waals surface area contributed by atoms with E-state index in [-0.39, 0.29) is 5.91 Å². The molecule has 27 heavy (non-hydrogen) atoms. The van der Waals surface area contributed by atoms with Crippen LogP contribution in [-0.4, -0.2) is 22.9 Å². The fourth-order valence-electron chi connectivity index (χ4n) is 3.36. The van der Waals surface area contributed by atoms with Gasteiger partial charge in [-0.1, -0.05) is 18.2 Å². The van der Waals surface area contributed by atoms with Crippen LogP contribution in [0.3, 0.4) is 0 Å². The molecule has 136 valence electrons. The molecule has 0 unspecified atom stereocenters. The van der Waals surface area contributed by atoms with Crippen LogP contribution in [0.4, 0.5) is 15.8 Å². The van der Waals surface area contributed by atoms with Gasteiger partial charge in [-0.3, -0.25) is 9.59 Å². The predicted molar refractivity (Wildman–Crippen MR) is 101 cm³/mol. The number of amides is 2. The third-order valence-electron chi connectivity index (χ3n) is 4.67. The zero-order valence-electron chi connectivity index (χ0n) is 14.5. The molecule has 0 bridgehead atoms. The molecule has 1 aromatic heterocycles. The van der Waals surface area contributed by atoms with Gasteiger partial charge in [0, 0.05) is 24.6 Å². The van der Waals surface area contributed by atoms with Crippen molar-refractivity contribution in [3.05, 3.63) is 78.9 Å². The van der Waals surface area contributed by atoms with E-state index in [9.17, 15) is 14.0 Å². The number of hydrogen-bond acceptors (Lipinski definition) is 2. The lowest BCUT2D eigenvalue weighted by Gasteiger charge is -2.21. The van der Waals surface area contributed by atoms with Crippen LogP contribution in [0.25, 0.3) is 5.69 Å². The van der Waals surface area contributed by atoms with Gasteiger partial charge in [-0.25, -0.2) is 4.39 Å². The molecule has 1 aliphatic rings. The molecule has 1 N–H and O–H groups in total. The highest BCUT2D eigenvalue weighted by atomic mass is 19.1. The van der Waals surface area contributed by atoms with Crippen molar-refractivity contribution in [3.8, 4) is 5.69 Å². The van der Waals surface area contributed by atoms with Gasteiger partial charge in [0.05, 0.1) is 11.4 Å². The number of benzene rings is 2. The molecular weight excluding hydrogens is 345 g/mol. The Hall–Kier alpha value is -3.41. The van der Waals surface area contributed by atoms with Crippen LogP contribution >= 0.6 is 0 Å². The molecule has 0 spiro atoms. The van der Waals surface area contributed by atoms with Crippen molar-refractivity contribution in [1.82, 2.24) is 4.57 Å². The largest absolute Gasteiger partial charge is 0.325 e. The summed E-state index contributed by atoms with van der Waals surface area (Å²) in [7, 11) is 0. The molecule has 3 aromatic rings. The maximum absolute atomic E-state index is 13.3. The Kier molecular flexibility index (Phi) is 4.46. The molecule has 4 rings (SSSR count). The average molecular weight is 363 g/mol. The maximum atomic E-state index is 13.3. The van der Waals surface area contributed by atoms with Gasteiger partial charge in [-0.15, -0.1) is 0 Å². The second-order valence-electron chi connectivity index (χ2n) is 6.41. The molecule has 6 heteroatoms. The van der Waals surface area contributed by atoms with E-state index in [0.29, 0.717) is 18.7 Å². The highest BCUT2D eigenvalue weighted by Crippen LogP contribution is 2.31. The zero-order valence-corrected chi connectivity index (χ0v) is 14.5. The normalized spacial score (nSPS) is 16.6. The molecule has 2 heterocycles. The summed E-state index contributed by atoms with van der Waals surface area (Å²) in [6.07, 6.45) is 4.24. The number of hydrogen-bond donors (Lipinski definition) is 1. The van der Waals surface area contributed by atoms with Gasteiger partial charge in [-0.05, 0) is 48.9 Å². The van der Waals surface area contributed by atoms with Gasteiger partial charge >= 0.3 is 0 Å². The number of aromatic nitrogens is 1. The number of nitrogens with zero attached hydrogens (tertiary/aromatic N) is 2. The van der Waals surface area contributed by atoms with E-state index in [1.54, 1.807) is 11.0 Å². The quantitative estimate of drug-likeness (QED) is 0.720. The third kappa shape index (κ3) is 3.33. The van der Waals surface area contributed by atoms with Gasteiger partial charge in [-0.2, -0.15) is 0 Å². The van der Waals surface area contributed by atoms with Gasteiger partial charge < -0.3 is 14.8 Å². The smallest absolute Gasteiger partial charge is 0.239 e. The highest BCUT2D eigenvalue weighted by molar-refractivity contribution is 6.13. The lowest BCUT2D eigenvalue weighted by atomic mass is 10.1. The summed E-state index contributed by atoms with van der Waals surface area (Å²) in [6, 6.07) is 17.1. The minimum atomic E-state index is -0.786. The van der Waals surface area contributed by atoms with E-state index < -0.39 is 17.6 Å². The number of carbonyl (C=O) groups is 2. The second-order valence-corrected chi connectivity index (χ2v) is 6.41. The van der Waals surface area contributed by atoms with Crippen molar-refractivity contribution in [1.29, 1.82) is 0 Å². The first-order valence-corrected chi connectivity index (χ1v) is 8.73. The van der Waals surface area contributed by atoms with Gasteiger partial charge in [0.15, 0.2) is 0 Å². The molecule has 0 radical (unpaired) electrons. The lowest BCUT2D eigenvalue weighted by molar-refractivity contribution is -0.129. The molecular formula is C21H18FN3O2. The fraction of sp³-hybridized carbons (Fsp3) is 0.143. The summed E-state index contributed by atoms with van der Waals surface area (Å²) in [5.74, 6) is -1.88. The van der Waals surface area contributed by atoms with Gasteiger partial charge in [0.2, 0.25) is 11.8 Å². The van der Waals surface area contributed by atoms with E-state index in [2.05, 4.69) is 5.32 Å². The van der Waals surface area contributed by atoms with Crippen molar-refractivity contribution in [3.63, 3.8) is 0 Å². The Labute approximate surface area is 156 Å². The molecule has 1 aliphatic heterocycles. The van der Waals surface area contributed by atoms with Crippen molar-refractivity contribution in [2.75, 3.05) is 16.8 Å². The zero-order chi connectivity index (χ0) is 18.8. The maximum Gasteiger partial charge on any atom is 0.239 e. The minimum absolute atomic E-state index is 0.247. The first-order chi connectivity index (χ1) is 13.1. The Balaban J connectivity index is 1.55. The Morgan fingerprint density at radius 2 is 1.74 bits per heavy atom. The summed E-state index contributed by atoms with van der Waals surface area (Å²) >= 11 is 0. The average Bonchev–Trinajstić information content (AvgIpc) is 3.31. The van der Waals surface area contributed by atoms with Crippen molar-refractivity contribution >= 4 is 23.2 Å². The Morgan fingerprint density at radius 1 is 1.00 bits per heavy atom. The predicted octanol–water partition coefficient (Wildman–Crippen LogP) is 3.61. The summed E-state index contributed by atoms with van der Waals surface area (Å²) < 4.78 is 15.2. The first kappa shape index (κ1) is 17.0. The molecule has 0 aliphatic carbocycles. The van der Waals surface area contributed by atoms with Gasteiger partial charge in [0.25, 0.3) is 0 Å². The molecule has 1 atom stereocenters. The van der Waals surface area contributed by atoms with Crippen LogP contribution in [0.1, 0.15) is 6.42 Å². The third-order valence-corrected chi connectivity index (χ3v) is 4.67. The van der Waals surface area contributed by atoms with Gasteiger partial charge in [0.1, 0.15) is 11.7 Å². The van der Waals surface area contributed by atoms with Crippen LogP contribution in [0.2, 0.25) is 0 Å². The summed E-state index contributed by atoms with van der Waals surface area (Å²) in [5.41, 5.74) is 1.99. The van der Waals surface area contributed by atoms with Crippen LogP contribution < -0.4 is 10.2 Å². The van der Waals surface area contributed by atoms with Crippen LogP contribution in [0.15, 0.2) is 73.1 Å². The van der Waals surface area contributed by atoms with E-state index in [1.165, 1.54) is 18.2 Å².